The number of urea groups is 1. The fourth-order valence-corrected chi connectivity index (χ4v) is 2.26. The Morgan fingerprint density at radius 2 is 1.68 bits per heavy atom. The Balaban J connectivity index is 2.06. The first-order valence-corrected chi connectivity index (χ1v) is 6.96. The molecule has 4 N–H and O–H groups in total. The monoisotopic (exact) mass is 270 g/mol. The van der Waals surface area contributed by atoms with Crippen LogP contribution in [0.1, 0.15) is 32.1 Å². The molecule has 1 rings (SSSR count). The van der Waals surface area contributed by atoms with Gasteiger partial charge in [0, 0.05) is 39.6 Å². The van der Waals surface area contributed by atoms with E-state index in [1.807, 2.05) is 0 Å². The van der Waals surface area contributed by atoms with Gasteiger partial charge in [0.2, 0.25) is 5.91 Å². The summed E-state index contributed by atoms with van der Waals surface area (Å²) in [6.45, 7) is 0.933. The van der Waals surface area contributed by atoms with Gasteiger partial charge in [0.25, 0.3) is 0 Å². The molecule has 0 spiro atoms. The third-order valence-corrected chi connectivity index (χ3v) is 3.50. The maximum Gasteiger partial charge on any atom is 0.316 e. The standard InChI is InChI=1S/C13H26N4O2/c1-17(2)13(19)16-8-7-15-12(18)9-10-3-5-11(14)6-4-10/h10-11H,3-9,14H2,1-2H3,(H,15,18)(H,16,19). The van der Waals surface area contributed by atoms with Gasteiger partial charge >= 0.3 is 6.03 Å². The van der Waals surface area contributed by atoms with Crippen molar-refractivity contribution in [3.8, 4) is 0 Å². The van der Waals surface area contributed by atoms with Gasteiger partial charge in [-0.2, -0.15) is 0 Å². The maximum absolute atomic E-state index is 11.7. The van der Waals surface area contributed by atoms with Gasteiger partial charge in [0.1, 0.15) is 0 Å². The van der Waals surface area contributed by atoms with E-state index in [1.54, 1.807) is 14.1 Å². The largest absolute Gasteiger partial charge is 0.354 e. The molecule has 0 aliphatic heterocycles. The smallest absolute Gasteiger partial charge is 0.316 e. The highest BCUT2D eigenvalue weighted by atomic mass is 16.2. The lowest BCUT2D eigenvalue weighted by atomic mass is 9.84. The van der Waals surface area contributed by atoms with Crippen LogP contribution in [0.15, 0.2) is 0 Å². The first-order valence-electron chi connectivity index (χ1n) is 6.96. The van der Waals surface area contributed by atoms with Gasteiger partial charge in [-0.05, 0) is 31.6 Å². The number of nitrogens with zero attached hydrogens (tertiary/aromatic N) is 1. The molecule has 1 aliphatic carbocycles. The van der Waals surface area contributed by atoms with Crippen LogP contribution in [-0.2, 0) is 4.79 Å². The molecule has 19 heavy (non-hydrogen) atoms. The lowest BCUT2D eigenvalue weighted by molar-refractivity contribution is -0.122. The highest BCUT2D eigenvalue weighted by Crippen LogP contribution is 2.25. The van der Waals surface area contributed by atoms with Gasteiger partial charge in [-0.15, -0.1) is 0 Å². The molecule has 1 fully saturated rings. The van der Waals surface area contributed by atoms with E-state index in [9.17, 15) is 9.59 Å². The number of carbonyl (C=O) groups excluding carboxylic acids is 2. The van der Waals surface area contributed by atoms with Crippen molar-refractivity contribution in [2.24, 2.45) is 11.7 Å². The summed E-state index contributed by atoms with van der Waals surface area (Å²) < 4.78 is 0. The molecule has 0 aromatic heterocycles. The highest BCUT2D eigenvalue weighted by molar-refractivity contribution is 5.76. The Morgan fingerprint density at radius 3 is 2.26 bits per heavy atom. The zero-order valence-corrected chi connectivity index (χ0v) is 11.9. The van der Waals surface area contributed by atoms with Crippen molar-refractivity contribution >= 4 is 11.9 Å². The van der Waals surface area contributed by atoms with Crippen LogP contribution in [0, 0.1) is 5.92 Å². The van der Waals surface area contributed by atoms with Crippen LogP contribution in [0.4, 0.5) is 4.79 Å². The summed E-state index contributed by atoms with van der Waals surface area (Å²) in [7, 11) is 3.36. The van der Waals surface area contributed by atoms with Crippen molar-refractivity contribution < 1.29 is 9.59 Å². The lowest BCUT2D eigenvalue weighted by Crippen LogP contribution is -2.40. The molecule has 0 saturated heterocycles. The minimum absolute atomic E-state index is 0.0690. The second kappa shape index (κ2) is 7.99. The average molecular weight is 270 g/mol. The first-order chi connectivity index (χ1) is 8.99. The number of hydrogen-bond acceptors (Lipinski definition) is 3. The molecule has 110 valence electrons. The summed E-state index contributed by atoms with van der Waals surface area (Å²) in [4.78, 5) is 24.4. The summed E-state index contributed by atoms with van der Waals surface area (Å²) in [5, 5.41) is 5.53. The average Bonchev–Trinajstić information content (AvgIpc) is 2.37. The molecule has 1 aliphatic rings. The Morgan fingerprint density at radius 1 is 1.11 bits per heavy atom. The molecular weight excluding hydrogens is 244 g/mol. The summed E-state index contributed by atoms with van der Waals surface area (Å²) >= 11 is 0. The molecule has 0 bridgehead atoms. The minimum Gasteiger partial charge on any atom is -0.354 e. The van der Waals surface area contributed by atoms with Gasteiger partial charge in [-0.3, -0.25) is 4.79 Å². The van der Waals surface area contributed by atoms with E-state index < -0.39 is 0 Å². The molecular formula is C13H26N4O2. The predicted molar refractivity (Wildman–Crippen MR) is 74.6 cm³/mol. The first kappa shape index (κ1) is 15.8. The van der Waals surface area contributed by atoms with Crippen molar-refractivity contribution in [1.29, 1.82) is 0 Å². The maximum atomic E-state index is 11.7. The van der Waals surface area contributed by atoms with Crippen molar-refractivity contribution in [3.63, 3.8) is 0 Å². The van der Waals surface area contributed by atoms with Gasteiger partial charge in [-0.1, -0.05) is 0 Å². The van der Waals surface area contributed by atoms with Crippen molar-refractivity contribution in [3.05, 3.63) is 0 Å². The summed E-state index contributed by atoms with van der Waals surface area (Å²) in [6, 6.07) is 0.177. The van der Waals surface area contributed by atoms with Crippen LogP contribution in [0.3, 0.4) is 0 Å². The van der Waals surface area contributed by atoms with Crippen molar-refractivity contribution in [2.45, 2.75) is 38.1 Å². The van der Waals surface area contributed by atoms with E-state index in [2.05, 4.69) is 10.6 Å². The third-order valence-electron chi connectivity index (χ3n) is 3.50. The zero-order chi connectivity index (χ0) is 14.3. The van der Waals surface area contributed by atoms with Crippen LogP contribution < -0.4 is 16.4 Å². The van der Waals surface area contributed by atoms with Crippen molar-refractivity contribution in [2.75, 3.05) is 27.2 Å². The lowest BCUT2D eigenvalue weighted by Gasteiger charge is -2.25. The molecule has 0 radical (unpaired) electrons. The quantitative estimate of drug-likeness (QED) is 0.627. The summed E-state index contributed by atoms with van der Waals surface area (Å²) in [5.41, 5.74) is 5.83. The third kappa shape index (κ3) is 6.42. The van der Waals surface area contributed by atoms with Crippen molar-refractivity contribution in [1.82, 2.24) is 15.5 Å². The Hall–Kier alpha value is -1.30. The van der Waals surface area contributed by atoms with Crippen LogP contribution in [0.25, 0.3) is 0 Å². The highest BCUT2D eigenvalue weighted by Gasteiger charge is 2.20. The molecule has 0 aromatic carbocycles. The molecule has 6 nitrogen and oxygen atoms in total. The number of amides is 3. The minimum atomic E-state index is -0.143. The number of nitrogens with two attached hydrogens (primary N) is 1. The summed E-state index contributed by atoms with van der Waals surface area (Å²) in [6.07, 6.45) is 4.72. The number of hydrogen-bond donors (Lipinski definition) is 3. The zero-order valence-electron chi connectivity index (χ0n) is 11.9. The Kier molecular flexibility index (Phi) is 6.62. The second-order valence-electron chi connectivity index (χ2n) is 5.46. The van der Waals surface area contributed by atoms with E-state index in [4.69, 9.17) is 5.73 Å². The number of rotatable bonds is 5. The molecule has 0 heterocycles. The predicted octanol–water partition coefficient (Wildman–Crippen LogP) is 0.281. The van der Waals surface area contributed by atoms with Gasteiger partial charge < -0.3 is 21.3 Å². The van der Waals surface area contributed by atoms with E-state index in [1.165, 1.54) is 4.90 Å². The molecule has 1 saturated carbocycles. The fraction of sp³-hybridized carbons (Fsp3) is 0.846. The molecule has 0 unspecified atom stereocenters. The van der Waals surface area contributed by atoms with Crippen LogP contribution in [0.2, 0.25) is 0 Å². The van der Waals surface area contributed by atoms with E-state index in [0.29, 0.717) is 31.5 Å². The topological polar surface area (TPSA) is 87.5 Å². The summed E-state index contributed by atoms with van der Waals surface area (Å²) in [5.74, 6) is 0.538. The number of carbonyl (C=O) groups is 2. The molecule has 0 atom stereocenters. The van der Waals surface area contributed by atoms with E-state index >= 15 is 0 Å². The van der Waals surface area contributed by atoms with Gasteiger partial charge in [0.15, 0.2) is 0 Å². The van der Waals surface area contributed by atoms with Crippen LogP contribution >= 0.6 is 0 Å². The SMILES string of the molecule is CN(C)C(=O)NCCNC(=O)CC1CCC(N)CC1. The number of nitrogens with one attached hydrogen (secondary N) is 2. The Bertz CT molecular complexity index is 299. The van der Waals surface area contributed by atoms with Crippen LogP contribution in [0.5, 0.6) is 0 Å². The normalized spacial score (nSPS) is 22.7. The van der Waals surface area contributed by atoms with Crippen LogP contribution in [-0.4, -0.2) is 50.1 Å². The van der Waals surface area contributed by atoms with E-state index in [-0.39, 0.29) is 11.9 Å². The molecule has 6 heteroatoms. The fourth-order valence-electron chi connectivity index (χ4n) is 2.26. The van der Waals surface area contributed by atoms with E-state index in [0.717, 1.165) is 25.7 Å². The molecule has 3 amide bonds. The van der Waals surface area contributed by atoms with Gasteiger partial charge in [0.05, 0.1) is 0 Å². The second-order valence-corrected chi connectivity index (χ2v) is 5.46. The Labute approximate surface area is 115 Å². The van der Waals surface area contributed by atoms with Gasteiger partial charge in [-0.25, -0.2) is 4.79 Å². The molecule has 0 aromatic rings.